The molecule has 2 saturated heterocycles. The van der Waals surface area contributed by atoms with Crippen molar-refractivity contribution in [3.8, 4) is 0 Å². The predicted molar refractivity (Wildman–Crippen MR) is 155 cm³/mol. The Hall–Kier alpha value is -2.41. The van der Waals surface area contributed by atoms with Crippen molar-refractivity contribution < 1.29 is 9.53 Å². The highest BCUT2D eigenvalue weighted by Crippen LogP contribution is 2.58. The number of nitrogens with one attached hydrogen (secondary N) is 1. The van der Waals surface area contributed by atoms with Gasteiger partial charge >= 0.3 is 11.7 Å². The van der Waals surface area contributed by atoms with Crippen molar-refractivity contribution in [3.05, 3.63) is 45.1 Å². The summed E-state index contributed by atoms with van der Waals surface area (Å²) in [5.41, 5.74) is -0.205. The van der Waals surface area contributed by atoms with E-state index in [4.69, 9.17) is 4.74 Å². The summed E-state index contributed by atoms with van der Waals surface area (Å²) in [5.74, 6) is 4.31. The lowest BCUT2D eigenvalue weighted by Crippen LogP contribution is -2.53. The Labute approximate surface area is 232 Å². The van der Waals surface area contributed by atoms with Crippen molar-refractivity contribution in [3.63, 3.8) is 0 Å². The van der Waals surface area contributed by atoms with Crippen LogP contribution in [0.25, 0.3) is 10.9 Å². The van der Waals surface area contributed by atoms with Gasteiger partial charge in [0.15, 0.2) is 0 Å². The first-order chi connectivity index (χ1) is 19.0. The topological polar surface area (TPSA) is 82.3 Å². The van der Waals surface area contributed by atoms with Crippen LogP contribution in [0, 0.1) is 23.7 Å². The van der Waals surface area contributed by atoms with Crippen molar-refractivity contribution >= 4 is 16.9 Å². The number of benzene rings is 1. The smallest absolute Gasteiger partial charge is 0.332 e. The lowest BCUT2D eigenvalue weighted by molar-refractivity contribution is -0.143. The van der Waals surface area contributed by atoms with E-state index < -0.39 is 11.7 Å². The second-order valence-corrected chi connectivity index (χ2v) is 12.2. The third-order valence-electron chi connectivity index (χ3n) is 9.97. The number of para-hydroxylation sites is 1. The van der Waals surface area contributed by atoms with Gasteiger partial charge in [0.25, 0.3) is 5.56 Å². The zero-order valence-corrected chi connectivity index (χ0v) is 24.1. The number of piperidine rings is 2. The highest BCUT2D eigenvalue weighted by molar-refractivity contribution is 5.80. The molecule has 1 aromatic heterocycles. The average Bonchev–Trinajstić information content (AvgIpc) is 3.15. The molecule has 214 valence electrons. The summed E-state index contributed by atoms with van der Waals surface area (Å²) in [5, 5.41) is 4.06. The highest BCUT2D eigenvalue weighted by Gasteiger charge is 2.48. The van der Waals surface area contributed by atoms with Gasteiger partial charge in [0.1, 0.15) is 6.54 Å². The van der Waals surface area contributed by atoms with Crippen molar-refractivity contribution in [2.75, 3.05) is 6.61 Å². The molecule has 4 bridgehead atoms. The number of carbonyl (C=O) groups excluding carboxylic acids is 1. The molecule has 5 unspecified atom stereocenters. The number of hydrogen-bond acceptors (Lipinski definition) is 5. The third kappa shape index (κ3) is 5.75. The van der Waals surface area contributed by atoms with E-state index >= 15 is 0 Å². The number of esters is 1. The van der Waals surface area contributed by atoms with Crippen LogP contribution in [0.5, 0.6) is 0 Å². The first kappa shape index (κ1) is 28.1. The highest BCUT2D eigenvalue weighted by atomic mass is 16.5. The fraction of sp³-hybridized carbons (Fsp3) is 0.719. The molecule has 2 aliphatic heterocycles. The summed E-state index contributed by atoms with van der Waals surface area (Å²) in [7, 11) is 0. The Kier molecular flexibility index (Phi) is 8.95. The predicted octanol–water partition coefficient (Wildman–Crippen LogP) is 5.43. The Balaban J connectivity index is 0.000000211. The second kappa shape index (κ2) is 12.4. The lowest BCUT2D eigenvalue weighted by Gasteiger charge is -2.40. The van der Waals surface area contributed by atoms with Gasteiger partial charge in [-0.15, -0.1) is 0 Å². The van der Waals surface area contributed by atoms with E-state index in [0.29, 0.717) is 23.0 Å². The Morgan fingerprint density at radius 2 is 1.64 bits per heavy atom. The molecule has 2 aromatic rings. The number of rotatable bonds is 4. The van der Waals surface area contributed by atoms with Crippen LogP contribution >= 0.6 is 0 Å². The molecular formula is C32H47N3O4. The van der Waals surface area contributed by atoms with Crippen molar-refractivity contribution in [1.82, 2.24) is 14.5 Å². The first-order valence-corrected chi connectivity index (χ1v) is 15.7. The molecule has 3 saturated carbocycles. The van der Waals surface area contributed by atoms with Crippen LogP contribution in [0.15, 0.2) is 33.9 Å². The summed E-state index contributed by atoms with van der Waals surface area (Å²) in [4.78, 5) is 38.5. The average molecular weight is 538 g/mol. The summed E-state index contributed by atoms with van der Waals surface area (Å²) in [6, 6.07) is 7.53. The Morgan fingerprint density at radius 3 is 2.38 bits per heavy atom. The van der Waals surface area contributed by atoms with E-state index in [1.807, 2.05) is 13.8 Å². The number of nitrogens with zero attached hydrogens (tertiary/aromatic N) is 2. The van der Waals surface area contributed by atoms with Crippen LogP contribution in [-0.4, -0.2) is 33.8 Å². The molecule has 1 N–H and O–H groups in total. The zero-order valence-electron chi connectivity index (χ0n) is 24.1. The van der Waals surface area contributed by atoms with Crippen molar-refractivity contribution in [2.45, 2.75) is 116 Å². The molecule has 6 atom stereocenters. The molecule has 0 spiro atoms. The van der Waals surface area contributed by atoms with Crippen molar-refractivity contribution in [2.24, 2.45) is 23.7 Å². The molecule has 39 heavy (non-hydrogen) atoms. The van der Waals surface area contributed by atoms with Gasteiger partial charge in [0.2, 0.25) is 0 Å². The quantitative estimate of drug-likeness (QED) is 0.526. The van der Waals surface area contributed by atoms with Gasteiger partial charge in [-0.3, -0.25) is 18.7 Å². The van der Waals surface area contributed by atoms with Gasteiger partial charge in [-0.1, -0.05) is 51.7 Å². The van der Waals surface area contributed by atoms with Crippen LogP contribution in [0.1, 0.15) is 97.4 Å². The molecule has 3 aliphatic carbocycles. The van der Waals surface area contributed by atoms with E-state index in [-0.39, 0.29) is 24.8 Å². The monoisotopic (exact) mass is 537 g/mol. The third-order valence-corrected chi connectivity index (χ3v) is 9.97. The molecule has 1 aromatic carbocycles. The molecule has 5 aliphatic rings. The van der Waals surface area contributed by atoms with E-state index in [0.717, 1.165) is 25.7 Å². The lowest BCUT2D eigenvalue weighted by atomic mass is 9.65. The number of carbonyl (C=O) groups is 1. The second-order valence-electron chi connectivity index (χ2n) is 12.2. The molecule has 3 heterocycles. The molecule has 5 fully saturated rings. The fourth-order valence-corrected chi connectivity index (χ4v) is 8.33. The van der Waals surface area contributed by atoms with E-state index in [2.05, 4.69) is 5.32 Å². The molecule has 0 radical (unpaired) electrons. The summed E-state index contributed by atoms with van der Waals surface area (Å²) >= 11 is 0. The minimum atomic E-state index is -0.475. The SMILES string of the molecule is C1CC2CC3C[C@H](C1)CC23.CC.CCOC(=O)Cn1c(=O)n(C2CC3CCCC(C2)N3)c(=O)c2ccccc21. The first-order valence-electron chi connectivity index (χ1n) is 15.7. The van der Waals surface area contributed by atoms with Gasteiger partial charge in [-0.05, 0) is 87.7 Å². The largest absolute Gasteiger partial charge is 0.465 e. The molecule has 7 nitrogen and oxygen atoms in total. The molecule has 7 rings (SSSR count). The maximum absolute atomic E-state index is 13.3. The number of fused-ring (bicyclic) bond motifs is 4. The molecular weight excluding hydrogens is 490 g/mol. The van der Waals surface area contributed by atoms with Crippen LogP contribution in [0.4, 0.5) is 0 Å². The number of hydrogen-bond donors (Lipinski definition) is 1. The summed E-state index contributed by atoms with van der Waals surface area (Å²) in [6.45, 7) is 5.79. The Bertz CT molecular complexity index is 1250. The Morgan fingerprint density at radius 1 is 0.923 bits per heavy atom. The maximum atomic E-state index is 13.3. The molecule has 7 heteroatoms. The van der Waals surface area contributed by atoms with E-state index in [1.165, 1.54) is 39.2 Å². The fourth-order valence-electron chi connectivity index (χ4n) is 8.33. The van der Waals surface area contributed by atoms with Gasteiger partial charge in [-0.25, -0.2) is 4.79 Å². The maximum Gasteiger partial charge on any atom is 0.332 e. The van der Waals surface area contributed by atoms with E-state index in [1.54, 1.807) is 69.7 Å². The minimum Gasteiger partial charge on any atom is -0.465 e. The normalized spacial score (nSPS) is 32.0. The van der Waals surface area contributed by atoms with Gasteiger partial charge < -0.3 is 10.1 Å². The van der Waals surface area contributed by atoms with Gasteiger partial charge in [0.05, 0.1) is 17.5 Å². The van der Waals surface area contributed by atoms with Gasteiger partial charge in [-0.2, -0.15) is 0 Å². The number of ether oxygens (including phenoxy) is 1. The standard InChI is InChI=1S/C20H25N3O4.C10H16.C2H6/c1-2-27-18(24)12-22-17-9-4-3-8-16(17)19(25)23(20(22)26)15-10-13-6-5-7-14(11-15)21-13;1-2-7-4-9-6-8(3-1)10(9)5-7;1-2/h3-4,8-9,13-15,21H,2,5-7,10-12H2,1H3;7-10H,1-6H2;1-2H3/t;7-,8?,9?,10?;/m.0./s1. The zero-order chi connectivity index (χ0) is 27.5. The van der Waals surface area contributed by atoms with Crippen molar-refractivity contribution in [1.29, 1.82) is 0 Å². The van der Waals surface area contributed by atoms with Gasteiger partial charge in [0, 0.05) is 18.1 Å². The minimum absolute atomic E-state index is 0.139. The van der Waals surface area contributed by atoms with Crippen LogP contribution < -0.4 is 16.6 Å². The summed E-state index contributed by atoms with van der Waals surface area (Å²) in [6.07, 6.45) is 14.4. The number of aromatic nitrogens is 2. The van der Waals surface area contributed by atoms with Crippen LogP contribution in [0.2, 0.25) is 0 Å². The van der Waals surface area contributed by atoms with Crippen LogP contribution in [0.3, 0.4) is 0 Å². The van der Waals surface area contributed by atoms with E-state index in [9.17, 15) is 14.4 Å². The summed E-state index contributed by atoms with van der Waals surface area (Å²) < 4.78 is 7.79. The van der Waals surface area contributed by atoms with Crippen LogP contribution in [-0.2, 0) is 16.1 Å². The molecule has 0 amide bonds.